The van der Waals surface area contributed by atoms with Gasteiger partial charge < -0.3 is 0 Å². The molecule has 0 N–H and O–H groups in total. The molecule has 3 rings (SSSR count). The zero-order chi connectivity index (χ0) is 13.1. The molecule has 0 amide bonds. The van der Waals surface area contributed by atoms with Crippen LogP contribution in [0.3, 0.4) is 0 Å². The molecule has 2 aromatic carbocycles. The molecule has 2 aromatic rings. The lowest BCUT2D eigenvalue weighted by molar-refractivity contribution is 1.05. The summed E-state index contributed by atoms with van der Waals surface area (Å²) in [4.78, 5) is 0. The molecule has 0 bridgehead atoms. The molecule has 1 aliphatic rings. The Morgan fingerprint density at radius 3 is 1.95 bits per heavy atom. The van der Waals surface area contributed by atoms with Crippen molar-refractivity contribution >= 4 is 11.1 Å². The molecule has 0 spiro atoms. The highest BCUT2D eigenvalue weighted by Crippen LogP contribution is 2.41. The first-order valence-corrected chi connectivity index (χ1v) is 6.93. The topological polar surface area (TPSA) is 0 Å². The molecule has 0 aliphatic heterocycles. The Labute approximate surface area is 115 Å². The highest BCUT2D eigenvalue weighted by Gasteiger charge is 2.18. The lowest BCUT2D eigenvalue weighted by Gasteiger charge is -2.12. The van der Waals surface area contributed by atoms with Crippen molar-refractivity contribution in [2.45, 2.75) is 19.8 Å². The van der Waals surface area contributed by atoms with Crippen LogP contribution >= 0.6 is 0 Å². The average Bonchev–Trinajstić information content (AvgIpc) is 2.93. The van der Waals surface area contributed by atoms with E-state index in [1.165, 1.54) is 22.3 Å². The third-order valence-corrected chi connectivity index (χ3v) is 3.75. The summed E-state index contributed by atoms with van der Waals surface area (Å²) in [5, 5.41) is 0. The van der Waals surface area contributed by atoms with Crippen LogP contribution in [0.4, 0.5) is 0 Å². The Kier molecular flexibility index (Phi) is 3.33. The second kappa shape index (κ2) is 5.27. The van der Waals surface area contributed by atoms with Gasteiger partial charge in [0.25, 0.3) is 0 Å². The van der Waals surface area contributed by atoms with Crippen LogP contribution in [0.2, 0.25) is 0 Å². The molecular formula is C19H18. The van der Waals surface area contributed by atoms with Gasteiger partial charge in [0.15, 0.2) is 0 Å². The molecule has 1 aliphatic carbocycles. The minimum absolute atomic E-state index is 1.09. The summed E-state index contributed by atoms with van der Waals surface area (Å²) in [6.45, 7) is 2.25. The predicted octanol–water partition coefficient (Wildman–Crippen LogP) is 5.34. The molecule has 0 nitrogen and oxygen atoms in total. The number of benzene rings is 2. The maximum Gasteiger partial charge on any atom is -0.0113 e. The van der Waals surface area contributed by atoms with E-state index in [1.54, 1.807) is 5.57 Å². The zero-order valence-corrected chi connectivity index (χ0v) is 11.3. The third kappa shape index (κ3) is 2.26. The molecule has 0 atom stereocenters. The van der Waals surface area contributed by atoms with Crippen molar-refractivity contribution in [3.05, 3.63) is 83.4 Å². The Bertz CT molecular complexity index is 616. The molecule has 0 heterocycles. The predicted molar refractivity (Wildman–Crippen MR) is 82.7 cm³/mol. The first-order chi connectivity index (χ1) is 9.40. The monoisotopic (exact) mass is 246 g/mol. The Balaban J connectivity index is 2.10. The van der Waals surface area contributed by atoms with Gasteiger partial charge in [-0.05, 0) is 35.1 Å². The van der Waals surface area contributed by atoms with Crippen molar-refractivity contribution in [3.8, 4) is 0 Å². The SMILES string of the molecule is CCC1=C(c2ccccc2)C(c2ccccc2)=CC1. The van der Waals surface area contributed by atoms with Gasteiger partial charge >= 0.3 is 0 Å². The fourth-order valence-corrected chi connectivity index (χ4v) is 2.79. The van der Waals surface area contributed by atoms with E-state index >= 15 is 0 Å². The third-order valence-electron chi connectivity index (χ3n) is 3.75. The smallest absolute Gasteiger partial charge is 0.0113 e. The molecule has 0 saturated heterocycles. The van der Waals surface area contributed by atoms with Crippen LogP contribution in [0.1, 0.15) is 30.9 Å². The molecule has 0 aromatic heterocycles. The maximum atomic E-state index is 2.37. The average molecular weight is 246 g/mol. The van der Waals surface area contributed by atoms with Crippen molar-refractivity contribution < 1.29 is 0 Å². The second-order valence-corrected chi connectivity index (χ2v) is 4.89. The van der Waals surface area contributed by atoms with Crippen LogP contribution in [0.25, 0.3) is 11.1 Å². The van der Waals surface area contributed by atoms with Gasteiger partial charge in [0.1, 0.15) is 0 Å². The van der Waals surface area contributed by atoms with Crippen LogP contribution in [0.5, 0.6) is 0 Å². The molecule has 94 valence electrons. The van der Waals surface area contributed by atoms with Crippen molar-refractivity contribution in [2.75, 3.05) is 0 Å². The molecule has 0 radical (unpaired) electrons. The lowest BCUT2D eigenvalue weighted by atomic mass is 9.92. The van der Waals surface area contributed by atoms with Crippen molar-refractivity contribution in [2.24, 2.45) is 0 Å². The molecule has 0 heteroatoms. The van der Waals surface area contributed by atoms with Crippen LogP contribution in [0.15, 0.2) is 72.3 Å². The highest BCUT2D eigenvalue weighted by atomic mass is 14.2. The summed E-state index contributed by atoms with van der Waals surface area (Å²) < 4.78 is 0. The number of hydrogen-bond donors (Lipinski definition) is 0. The van der Waals surface area contributed by atoms with Gasteiger partial charge in [0, 0.05) is 0 Å². The second-order valence-electron chi connectivity index (χ2n) is 4.89. The van der Waals surface area contributed by atoms with Gasteiger partial charge in [-0.15, -0.1) is 0 Å². The maximum absolute atomic E-state index is 2.37. The van der Waals surface area contributed by atoms with Gasteiger partial charge in [-0.1, -0.05) is 79.2 Å². The summed E-state index contributed by atoms with van der Waals surface area (Å²) >= 11 is 0. The number of allylic oxidation sites excluding steroid dienone is 4. The standard InChI is InChI=1S/C19H18/c1-2-15-13-14-18(16-9-5-3-6-10-16)19(15)17-11-7-4-8-12-17/h3-12,14H,2,13H2,1H3. The van der Waals surface area contributed by atoms with E-state index in [1.807, 2.05) is 0 Å². The Hall–Kier alpha value is -2.08. The molecule has 0 saturated carbocycles. The molecule has 19 heavy (non-hydrogen) atoms. The van der Waals surface area contributed by atoms with Crippen LogP contribution in [-0.4, -0.2) is 0 Å². The zero-order valence-electron chi connectivity index (χ0n) is 11.3. The lowest BCUT2D eigenvalue weighted by Crippen LogP contribution is -1.90. The van der Waals surface area contributed by atoms with Gasteiger partial charge in [-0.25, -0.2) is 0 Å². The molecule has 0 unspecified atom stereocenters. The van der Waals surface area contributed by atoms with Gasteiger partial charge in [0.2, 0.25) is 0 Å². The van der Waals surface area contributed by atoms with E-state index in [0.717, 1.165) is 12.8 Å². The molecular weight excluding hydrogens is 228 g/mol. The Morgan fingerprint density at radius 1 is 0.789 bits per heavy atom. The largest absolute Gasteiger partial charge is 0.0719 e. The van der Waals surface area contributed by atoms with Crippen molar-refractivity contribution in [3.63, 3.8) is 0 Å². The highest BCUT2D eigenvalue weighted by molar-refractivity contribution is 6.08. The van der Waals surface area contributed by atoms with E-state index in [0.29, 0.717) is 0 Å². The molecule has 0 fully saturated rings. The first kappa shape index (κ1) is 12.0. The van der Waals surface area contributed by atoms with E-state index < -0.39 is 0 Å². The van der Waals surface area contributed by atoms with Gasteiger partial charge in [-0.3, -0.25) is 0 Å². The van der Waals surface area contributed by atoms with Crippen LogP contribution in [-0.2, 0) is 0 Å². The van der Waals surface area contributed by atoms with E-state index in [-0.39, 0.29) is 0 Å². The van der Waals surface area contributed by atoms with Crippen LogP contribution in [0, 0.1) is 0 Å². The van der Waals surface area contributed by atoms with E-state index in [2.05, 4.69) is 73.7 Å². The summed E-state index contributed by atoms with van der Waals surface area (Å²) in [6.07, 6.45) is 4.58. The first-order valence-electron chi connectivity index (χ1n) is 6.93. The van der Waals surface area contributed by atoms with Crippen LogP contribution < -0.4 is 0 Å². The van der Waals surface area contributed by atoms with E-state index in [4.69, 9.17) is 0 Å². The normalized spacial score (nSPS) is 14.7. The Morgan fingerprint density at radius 2 is 1.37 bits per heavy atom. The quantitative estimate of drug-likeness (QED) is 0.686. The summed E-state index contributed by atoms with van der Waals surface area (Å²) in [5.41, 5.74) is 7.04. The summed E-state index contributed by atoms with van der Waals surface area (Å²) in [6, 6.07) is 21.5. The minimum atomic E-state index is 1.09. The summed E-state index contributed by atoms with van der Waals surface area (Å²) in [7, 11) is 0. The number of hydrogen-bond acceptors (Lipinski definition) is 0. The van der Waals surface area contributed by atoms with E-state index in [9.17, 15) is 0 Å². The fourth-order valence-electron chi connectivity index (χ4n) is 2.79. The summed E-state index contributed by atoms with van der Waals surface area (Å²) in [5.74, 6) is 0. The number of rotatable bonds is 3. The minimum Gasteiger partial charge on any atom is -0.0719 e. The van der Waals surface area contributed by atoms with Crippen molar-refractivity contribution in [1.29, 1.82) is 0 Å². The van der Waals surface area contributed by atoms with Gasteiger partial charge in [0.05, 0.1) is 0 Å². The van der Waals surface area contributed by atoms with Gasteiger partial charge in [-0.2, -0.15) is 0 Å². The van der Waals surface area contributed by atoms with Crippen molar-refractivity contribution in [1.82, 2.24) is 0 Å². The fraction of sp³-hybridized carbons (Fsp3) is 0.158.